The van der Waals surface area contributed by atoms with E-state index in [1.807, 2.05) is 7.05 Å². The lowest BCUT2D eigenvalue weighted by Gasteiger charge is -1.99. The summed E-state index contributed by atoms with van der Waals surface area (Å²) in [4.78, 5) is 4.64. The van der Waals surface area contributed by atoms with Gasteiger partial charge in [-0.15, -0.1) is 11.3 Å². The van der Waals surface area contributed by atoms with Crippen molar-refractivity contribution in [3.63, 3.8) is 0 Å². The number of aryl methyl sites for hydroxylation is 1. The number of benzene rings is 1. The quantitative estimate of drug-likeness (QED) is 0.877. The molecule has 0 aliphatic heterocycles. The van der Waals surface area contributed by atoms with Crippen LogP contribution in [0.3, 0.4) is 0 Å². The number of likely N-dealkylation sites (N-methyl/N-ethyl adjacent to an activating group) is 1. The third-order valence-electron chi connectivity index (χ3n) is 2.71. The zero-order valence-electron chi connectivity index (χ0n) is 10.4. The van der Waals surface area contributed by atoms with E-state index in [0.29, 0.717) is 0 Å². The fraction of sp³-hybridized carbons (Fsp3) is 0.357. The SMILES string of the molecule is CNCCc1csc(Cc2ccc(C)cc2)n1. The number of nitrogens with zero attached hydrogens (tertiary/aromatic N) is 1. The minimum Gasteiger partial charge on any atom is -0.319 e. The lowest BCUT2D eigenvalue weighted by molar-refractivity contribution is 0.778. The van der Waals surface area contributed by atoms with Gasteiger partial charge in [0.25, 0.3) is 0 Å². The molecule has 0 aliphatic rings. The number of thiazole rings is 1. The van der Waals surface area contributed by atoms with E-state index in [1.165, 1.54) is 21.8 Å². The first-order chi connectivity index (χ1) is 8.28. The van der Waals surface area contributed by atoms with E-state index in [4.69, 9.17) is 0 Å². The summed E-state index contributed by atoms with van der Waals surface area (Å²) in [5, 5.41) is 6.52. The highest BCUT2D eigenvalue weighted by molar-refractivity contribution is 7.09. The Morgan fingerprint density at radius 1 is 1.24 bits per heavy atom. The highest BCUT2D eigenvalue weighted by Gasteiger charge is 2.02. The summed E-state index contributed by atoms with van der Waals surface area (Å²) >= 11 is 1.76. The van der Waals surface area contributed by atoms with Crippen LogP contribution in [0.4, 0.5) is 0 Å². The molecule has 0 saturated heterocycles. The van der Waals surface area contributed by atoms with Gasteiger partial charge >= 0.3 is 0 Å². The van der Waals surface area contributed by atoms with Crippen molar-refractivity contribution in [1.29, 1.82) is 0 Å². The van der Waals surface area contributed by atoms with Crippen molar-refractivity contribution >= 4 is 11.3 Å². The minimum atomic E-state index is 0.949. The Morgan fingerprint density at radius 3 is 2.71 bits per heavy atom. The number of hydrogen-bond acceptors (Lipinski definition) is 3. The molecule has 1 heterocycles. The van der Waals surface area contributed by atoms with Crippen LogP contribution in [0.25, 0.3) is 0 Å². The smallest absolute Gasteiger partial charge is 0.0972 e. The first kappa shape index (κ1) is 12.3. The molecular formula is C14H18N2S. The van der Waals surface area contributed by atoms with Gasteiger partial charge in [-0.3, -0.25) is 0 Å². The fourth-order valence-corrected chi connectivity index (χ4v) is 2.54. The maximum absolute atomic E-state index is 4.64. The molecule has 0 aliphatic carbocycles. The van der Waals surface area contributed by atoms with Crippen LogP contribution in [0.5, 0.6) is 0 Å². The predicted octanol–water partition coefficient (Wildman–Crippen LogP) is 2.80. The van der Waals surface area contributed by atoms with Gasteiger partial charge in [-0.2, -0.15) is 0 Å². The van der Waals surface area contributed by atoms with Crippen molar-refractivity contribution in [2.45, 2.75) is 19.8 Å². The number of hydrogen-bond donors (Lipinski definition) is 1. The van der Waals surface area contributed by atoms with E-state index in [1.54, 1.807) is 11.3 Å². The Balaban J connectivity index is 1.98. The van der Waals surface area contributed by atoms with Gasteiger partial charge in [0.15, 0.2) is 0 Å². The largest absolute Gasteiger partial charge is 0.319 e. The normalized spacial score (nSPS) is 10.7. The van der Waals surface area contributed by atoms with Crippen LogP contribution in [0, 0.1) is 6.92 Å². The summed E-state index contributed by atoms with van der Waals surface area (Å²) in [6, 6.07) is 8.68. The van der Waals surface area contributed by atoms with Crippen molar-refractivity contribution in [2.24, 2.45) is 0 Å². The third kappa shape index (κ3) is 3.65. The molecule has 1 N–H and O–H groups in total. The van der Waals surface area contributed by atoms with E-state index in [-0.39, 0.29) is 0 Å². The van der Waals surface area contributed by atoms with Gasteiger partial charge in [-0.05, 0) is 19.5 Å². The second-order valence-electron chi connectivity index (χ2n) is 4.25. The summed E-state index contributed by atoms with van der Waals surface area (Å²) in [5.74, 6) is 0. The summed E-state index contributed by atoms with van der Waals surface area (Å²) in [6.45, 7) is 3.11. The van der Waals surface area contributed by atoms with E-state index >= 15 is 0 Å². The molecule has 17 heavy (non-hydrogen) atoms. The van der Waals surface area contributed by atoms with E-state index < -0.39 is 0 Å². The highest BCUT2D eigenvalue weighted by atomic mass is 32.1. The summed E-state index contributed by atoms with van der Waals surface area (Å²) in [5.41, 5.74) is 3.85. The molecule has 1 aromatic carbocycles. The first-order valence-corrected chi connectivity index (χ1v) is 6.79. The van der Waals surface area contributed by atoms with Gasteiger partial charge in [0.05, 0.1) is 10.7 Å². The van der Waals surface area contributed by atoms with Crippen molar-refractivity contribution in [2.75, 3.05) is 13.6 Å². The van der Waals surface area contributed by atoms with Crippen molar-refractivity contribution in [1.82, 2.24) is 10.3 Å². The molecule has 0 spiro atoms. The molecule has 0 fully saturated rings. The lowest BCUT2D eigenvalue weighted by atomic mass is 10.1. The van der Waals surface area contributed by atoms with E-state index in [0.717, 1.165) is 19.4 Å². The molecule has 0 atom stereocenters. The lowest BCUT2D eigenvalue weighted by Crippen LogP contribution is -2.10. The standard InChI is InChI=1S/C14H18N2S/c1-11-3-5-12(6-4-11)9-14-16-13(10-17-14)7-8-15-2/h3-6,10,15H,7-9H2,1-2H3. The van der Waals surface area contributed by atoms with Crippen LogP contribution < -0.4 is 5.32 Å². The summed E-state index contributed by atoms with van der Waals surface area (Å²) in [6.07, 6.45) is 1.96. The molecule has 1 aromatic heterocycles. The van der Waals surface area contributed by atoms with Crippen molar-refractivity contribution < 1.29 is 0 Å². The average Bonchev–Trinajstić information content (AvgIpc) is 2.77. The number of aromatic nitrogens is 1. The first-order valence-electron chi connectivity index (χ1n) is 5.91. The molecule has 0 saturated carbocycles. The number of rotatable bonds is 5. The summed E-state index contributed by atoms with van der Waals surface area (Å²) < 4.78 is 0. The monoisotopic (exact) mass is 246 g/mol. The fourth-order valence-electron chi connectivity index (χ4n) is 1.68. The molecule has 2 rings (SSSR count). The van der Waals surface area contributed by atoms with E-state index in [9.17, 15) is 0 Å². The number of nitrogens with one attached hydrogen (secondary N) is 1. The Kier molecular flexibility index (Phi) is 4.29. The Bertz CT molecular complexity index is 459. The molecule has 90 valence electrons. The van der Waals surface area contributed by atoms with Gasteiger partial charge in [-0.25, -0.2) is 4.98 Å². The zero-order chi connectivity index (χ0) is 12.1. The zero-order valence-corrected chi connectivity index (χ0v) is 11.2. The molecule has 0 amide bonds. The van der Waals surface area contributed by atoms with Gasteiger partial charge in [-0.1, -0.05) is 29.8 Å². The van der Waals surface area contributed by atoms with Crippen LogP contribution in [0.1, 0.15) is 21.8 Å². The second kappa shape index (κ2) is 5.94. The van der Waals surface area contributed by atoms with Crippen LogP contribution in [-0.2, 0) is 12.8 Å². The topological polar surface area (TPSA) is 24.9 Å². The van der Waals surface area contributed by atoms with Crippen LogP contribution in [0.2, 0.25) is 0 Å². The molecule has 0 unspecified atom stereocenters. The second-order valence-corrected chi connectivity index (χ2v) is 5.19. The van der Waals surface area contributed by atoms with Gasteiger partial charge in [0.1, 0.15) is 0 Å². The molecule has 2 nitrogen and oxygen atoms in total. The predicted molar refractivity (Wildman–Crippen MR) is 73.7 cm³/mol. The third-order valence-corrected chi connectivity index (χ3v) is 3.60. The maximum atomic E-state index is 4.64. The molecule has 0 radical (unpaired) electrons. The highest BCUT2D eigenvalue weighted by Crippen LogP contribution is 2.15. The Morgan fingerprint density at radius 2 is 2.00 bits per heavy atom. The van der Waals surface area contributed by atoms with Crippen LogP contribution >= 0.6 is 11.3 Å². The molecule has 3 heteroatoms. The van der Waals surface area contributed by atoms with Gasteiger partial charge < -0.3 is 5.32 Å². The average molecular weight is 246 g/mol. The molecular weight excluding hydrogens is 228 g/mol. The maximum Gasteiger partial charge on any atom is 0.0972 e. The van der Waals surface area contributed by atoms with Crippen molar-refractivity contribution in [3.05, 3.63) is 51.5 Å². The molecule has 0 bridgehead atoms. The van der Waals surface area contributed by atoms with E-state index in [2.05, 4.69) is 46.9 Å². The van der Waals surface area contributed by atoms with Crippen LogP contribution in [0.15, 0.2) is 29.6 Å². The molecule has 2 aromatic rings. The summed E-state index contributed by atoms with van der Waals surface area (Å²) in [7, 11) is 1.97. The Hall–Kier alpha value is -1.19. The van der Waals surface area contributed by atoms with Gasteiger partial charge in [0, 0.05) is 24.8 Å². The minimum absolute atomic E-state index is 0.949. The van der Waals surface area contributed by atoms with Crippen molar-refractivity contribution in [3.8, 4) is 0 Å². The Labute approximate surface area is 107 Å². The van der Waals surface area contributed by atoms with Gasteiger partial charge in [0.2, 0.25) is 0 Å². The van der Waals surface area contributed by atoms with Crippen LogP contribution in [-0.4, -0.2) is 18.6 Å².